The van der Waals surface area contributed by atoms with Gasteiger partial charge in [-0.05, 0) is 42.5 Å². The molecule has 2 N–H and O–H groups in total. The van der Waals surface area contributed by atoms with Crippen molar-refractivity contribution in [2.75, 3.05) is 24.3 Å². The standard InChI is InChI=1S/C25H31N5O/c1-6-19-23(18-14-26-22(30(4)5)12-15(18)3)27-20(7-2)25(28-19)29-24-17-11-9-8-10-16(17)13-21(24)31/h8-12,14,21,24,31H,6-7,13H2,1-5H3,(H,28,29). The van der Waals surface area contributed by atoms with Gasteiger partial charge >= 0.3 is 0 Å². The summed E-state index contributed by atoms with van der Waals surface area (Å²) in [7, 11) is 3.98. The molecule has 6 nitrogen and oxygen atoms in total. The number of pyridine rings is 1. The average molecular weight is 418 g/mol. The minimum Gasteiger partial charge on any atom is -0.390 e. The second kappa shape index (κ2) is 8.63. The summed E-state index contributed by atoms with van der Waals surface area (Å²) in [5.74, 6) is 1.69. The number of anilines is 2. The molecule has 0 fully saturated rings. The van der Waals surface area contributed by atoms with Crippen LogP contribution >= 0.6 is 0 Å². The molecule has 6 heteroatoms. The maximum atomic E-state index is 10.7. The fraction of sp³-hybridized carbons (Fsp3) is 0.400. The summed E-state index contributed by atoms with van der Waals surface area (Å²) in [6, 6.07) is 10.1. The first-order chi connectivity index (χ1) is 14.9. The number of hydrogen-bond acceptors (Lipinski definition) is 6. The number of aryl methyl sites for hydroxylation is 3. The number of nitrogens with one attached hydrogen (secondary N) is 1. The van der Waals surface area contributed by atoms with Crippen LogP contribution in [-0.2, 0) is 19.3 Å². The third kappa shape index (κ3) is 4.00. The summed E-state index contributed by atoms with van der Waals surface area (Å²) in [5.41, 5.74) is 7.21. The van der Waals surface area contributed by atoms with Gasteiger partial charge in [0.15, 0.2) is 0 Å². The second-order valence-electron chi connectivity index (χ2n) is 8.37. The van der Waals surface area contributed by atoms with Crippen LogP contribution in [0.3, 0.4) is 0 Å². The number of aliphatic hydroxyl groups is 1. The number of aliphatic hydroxyl groups excluding tert-OH is 1. The highest BCUT2D eigenvalue weighted by Gasteiger charge is 2.31. The maximum Gasteiger partial charge on any atom is 0.148 e. The Balaban J connectivity index is 1.74. The molecule has 1 aromatic carbocycles. The minimum atomic E-state index is -0.473. The van der Waals surface area contributed by atoms with Gasteiger partial charge in [-0.2, -0.15) is 0 Å². The Kier molecular flexibility index (Phi) is 5.92. The molecule has 0 amide bonds. The van der Waals surface area contributed by atoms with Gasteiger partial charge in [0.25, 0.3) is 0 Å². The van der Waals surface area contributed by atoms with Crippen molar-refractivity contribution in [1.82, 2.24) is 15.0 Å². The highest BCUT2D eigenvalue weighted by molar-refractivity contribution is 5.68. The van der Waals surface area contributed by atoms with Gasteiger partial charge in [-0.1, -0.05) is 38.1 Å². The van der Waals surface area contributed by atoms with Crippen molar-refractivity contribution >= 4 is 11.6 Å². The molecule has 0 spiro atoms. The summed E-state index contributed by atoms with van der Waals surface area (Å²) in [4.78, 5) is 16.6. The summed E-state index contributed by atoms with van der Waals surface area (Å²) < 4.78 is 0. The van der Waals surface area contributed by atoms with E-state index in [9.17, 15) is 5.11 Å². The van der Waals surface area contributed by atoms with E-state index in [2.05, 4.69) is 49.3 Å². The van der Waals surface area contributed by atoms with E-state index in [-0.39, 0.29) is 6.04 Å². The first-order valence-corrected chi connectivity index (χ1v) is 11.0. The molecule has 162 valence electrons. The van der Waals surface area contributed by atoms with Crippen LogP contribution in [0.25, 0.3) is 11.3 Å². The predicted molar refractivity (Wildman–Crippen MR) is 126 cm³/mol. The molecule has 2 aromatic heterocycles. The molecule has 0 saturated carbocycles. The molecule has 2 atom stereocenters. The quantitative estimate of drug-likeness (QED) is 0.629. The monoisotopic (exact) mass is 417 g/mol. The summed E-state index contributed by atoms with van der Waals surface area (Å²) in [5, 5.41) is 14.2. The van der Waals surface area contributed by atoms with Gasteiger partial charge in [0, 0.05) is 32.3 Å². The zero-order valence-corrected chi connectivity index (χ0v) is 19.0. The third-order valence-corrected chi connectivity index (χ3v) is 6.02. The lowest BCUT2D eigenvalue weighted by molar-refractivity contribution is 0.165. The Hall–Kier alpha value is -2.99. The van der Waals surface area contributed by atoms with E-state index in [0.29, 0.717) is 6.42 Å². The Morgan fingerprint density at radius 3 is 2.52 bits per heavy atom. The van der Waals surface area contributed by atoms with E-state index in [4.69, 9.17) is 9.97 Å². The number of fused-ring (bicyclic) bond motifs is 1. The third-order valence-electron chi connectivity index (χ3n) is 6.02. The minimum absolute atomic E-state index is 0.172. The molecule has 0 aliphatic heterocycles. The molecule has 2 unspecified atom stereocenters. The highest BCUT2D eigenvalue weighted by atomic mass is 16.3. The van der Waals surface area contributed by atoms with Crippen molar-refractivity contribution < 1.29 is 5.11 Å². The van der Waals surface area contributed by atoms with Gasteiger partial charge in [0.05, 0.1) is 29.2 Å². The van der Waals surface area contributed by atoms with E-state index < -0.39 is 6.10 Å². The molecular weight excluding hydrogens is 386 g/mol. The van der Waals surface area contributed by atoms with Crippen LogP contribution in [0.15, 0.2) is 36.5 Å². The van der Waals surface area contributed by atoms with Gasteiger partial charge in [0.2, 0.25) is 0 Å². The molecule has 0 radical (unpaired) electrons. The molecule has 1 aliphatic rings. The van der Waals surface area contributed by atoms with E-state index in [1.54, 1.807) is 0 Å². The van der Waals surface area contributed by atoms with Gasteiger partial charge in [-0.3, -0.25) is 0 Å². The Labute approximate surface area is 184 Å². The molecule has 0 bridgehead atoms. The van der Waals surface area contributed by atoms with E-state index in [1.807, 2.05) is 37.3 Å². The van der Waals surface area contributed by atoms with Gasteiger partial charge < -0.3 is 15.3 Å². The molecule has 0 saturated heterocycles. The highest BCUT2D eigenvalue weighted by Crippen LogP contribution is 2.35. The van der Waals surface area contributed by atoms with Crippen LogP contribution in [0.4, 0.5) is 11.6 Å². The van der Waals surface area contributed by atoms with Crippen LogP contribution in [0.5, 0.6) is 0 Å². The van der Waals surface area contributed by atoms with Gasteiger partial charge in [-0.25, -0.2) is 15.0 Å². The fourth-order valence-corrected chi connectivity index (χ4v) is 4.26. The second-order valence-corrected chi connectivity index (χ2v) is 8.37. The molecule has 1 aliphatic carbocycles. The largest absolute Gasteiger partial charge is 0.390 e. The Morgan fingerprint density at radius 1 is 1.10 bits per heavy atom. The fourth-order valence-electron chi connectivity index (χ4n) is 4.26. The first kappa shape index (κ1) is 21.2. The van der Waals surface area contributed by atoms with Crippen LogP contribution in [-0.4, -0.2) is 40.3 Å². The SMILES string of the molecule is CCc1nc(-c2cnc(N(C)C)cc2C)c(CC)nc1NC1c2ccccc2CC1O. The van der Waals surface area contributed by atoms with Gasteiger partial charge in [0.1, 0.15) is 11.6 Å². The smallest absolute Gasteiger partial charge is 0.148 e. The molecule has 4 rings (SSSR count). The Morgan fingerprint density at radius 2 is 1.84 bits per heavy atom. The molecular formula is C25H31N5O. The van der Waals surface area contributed by atoms with Crippen molar-refractivity contribution in [3.63, 3.8) is 0 Å². The maximum absolute atomic E-state index is 10.7. The lowest BCUT2D eigenvalue weighted by Crippen LogP contribution is -2.23. The van der Waals surface area contributed by atoms with Crippen LogP contribution in [0.1, 0.15) is 48.0 Å². The average Bonchev–Trinajstić information content (AvgIpc) is 3.08. The van der Waals surface area contributed by atoms with Crippen molar-refractivity contribution in [2.24, 2.45) is 0 Å². The predicted octanol–water partition coefficient (Wildman–Crippen LogP) is 4.11. The summed E-state index contributed by atoms with van der Waals surface area (Å²) in [6.45, 7) is 6.28. The number of rotatable bonds is 6. The van der Waals surface area contributed by atoms with E-state index >= 15 is 0 Å². The van der Waals surface area contributed by atoms with E-state index in [1.165, 1.54) is 5.56 Å². The van der Waals surface area contributed by atoms with E-state index in [0.717, 1.165) is 58.2 Å². The topological polar surface area (TPSA) is 74.2 Å². The zero-order valence-electron chi connectivity index (χ0n) is 19.0. The normalized spacial score (nSPS) is 17.5. The zero-order chi connectivity index (χ0) is 22.1. The first-order valence-electron chi connectivity index (χ1n) is 11.0. The number of aromatic nitrogens is 3. The molecule has 2 heterocycles. The van der Waals surface area contributed by atoms with Crippen LogP contribution < -0.4 is 10.2 Å². The summed E-state index contributed by atoms with van der Waals surface area (Å²) in [6.07, 6.45) is 3.60. The number of benzene rings is 1. The van der Waals surface area contributed by atoms with Crippen LogP contribution in [0.2, 0.25) is 0 Å². The lowest BCUT2D eigenvalue weighted by atomic mass is 10.0. The van der Waals surface area contributed by atoms with Crippen molar-refractivity contribution in [3.05, 3.63) is 64.6 Å². The molecule has 3 aromatic rings. The van der Waals surface area contributed by atoms with Crippen LogP contribution in [0, 0.1) is 6.92 Å². The van der Waals surface area contributed by atoms with Crippen molar-refractivity contribution in [3.8, 4) is 11.3 Å². The van der Waals surface area contributed by atoms with Crippen molar-refractivity contribution in [2.45, 2.75) is 52.2 Å². The number of nitrogens with zero attached hydrogens (tertiary/aromatic N) is 4. The lowest BCUT2D eigenvalue weighted by Gasteiger charge is -2.22. The summed E-state index contributed by atoms with van der Waals surface area (Å²) >= 11 is 0. The molecule has 31 heavy (non-hydrogen) atoms. The number of hydrogen-bond donors (Lipinski definition) is 2. The van der Waals surface area contributed by atoms with Gasteiger partial charge in [-0.15, -0.1) is 0 Å². The van der Waals surface area contributed by atoms with Crippen molar-refractivity contribution in [1.29, 1.82) is 0 Å². The Bertz CT molecular complexity index is 1100.